The van der Waals surface area contributed by atoms with Crippen molar-refractivity contribution in [3.05, 3.63) is 0 Å². The predicted molar refractivity (Wildman–Crippen MR) is 76.2 cm³/mol. The molecule has 1 fully saturated rings. The van der Waals surface area contributed by atoms with Crippen LogP contribution in [-0.2, 0) is 14.4 Å². The Morgan fingerprint density at radius 2 is 1.81 bits per heavy atom. The molecule has 118 valence electrons. The molecule has 1 atom stereocenters. The molecule has 7 nitrogen and oxygen atoms in total. The molecule has 5 amide bonds. The summed E-state index contributed by atoms with van der Waals surface area (Å²) >= 11 is 0. The van der Waals surface area contributed by atoms with E-state index in [0.29, 0.717) is 25.9 Å². The van der Waals surface area contributed by atoms with Gasteiger partial charge in [0.05, 0.1) is 0 Å². The van der Waals surface area contributed by atoms with Crippen molar-refractivity contribution in [3.63, 3.8) is 0 Å². The maximum absolute atomic E-state index is 12.2. The fourth-order valence-corrected chi connectivity index (χ4v) is 2.36. The highest BCUT2D eigenvalue weighted by molar-refractivity contribution is 6.16. The van der Waals surface area contributed by atoms with Crippen molar-refractivity contribution in [2.24, 2.45) is 5.92 Å². The van der Waals surface area contributed by atoms with Crippen LogP contribution in [-0.4, -0.2) is 53.2 Å². The van der Waals surface area contributed by atoms with E-state index in [1.807, 2.05) is 20.8 Å². The third-order valence-corrected chi connectivity index (χ3v) is 3.60. The standard InChI is InChI=1S/C14H23N3O4/c1-4-7-10-12(19)15-14(21)17(13(10)20)9-8-11(18)16(5-2)6-3/h10H,4-9H2,1-3H3,(H,15,19,21). The van der Waals surface area contributed by atoms with Gasteiger partial charge in [0, 0.05) is 26.1 Å². The highest BCUT2D eigenvalue weighted by atomic mass is 16.2. The van der Waals surface area contributed by atoms with Crippen LogP contribution in [0.15, 0.2) is 0 Å². The first-order chi connectivity index (χ1) is 9.96. The highest BCUT2D eigenvalue weighted by Crippen LogP contribution is 2.16. The topological polar surface area (TPSA) is 86.8 Å². The summed E-state index contributed by atoms with van der Waals surface area (Å²) in [6.45, 7) is 6.80. The van der Waals surface area contributed by atoms with Crippen LogP contribution in [0, 0.1) is 5.92 Å². The summed E-state index contributed by atoms with van der Waals surface area (Å²) in [5.41, 5.74) is 0. The molecule has 1 rings (SSSR count). The molecule has 1 N–H and O–H groups in total. The number of rotatable bonds is 7. The van der Waals surface area contributed by atoms with Gasteiger partial charge in [-0.2, -0.15) is 0 Å². The lowest BCUT2D eigenvalue weighted by Gasteiger charge is -2.30. The molecule has 0 saturated carbocycles. The minimum atomic E-state index is -0.823. The van der Waals surface area contributed by atoms with E-state index in [-0.39, 0.29) is 18.9 Å². The molecule has 7 heteroatoms. The molecule has 0 aromatic rings. The van der Waals surface area contributed by atoms with Crippen LogP contribution in [0.4, 0.5) is 4.79 Å². The van der Waals surface area contributed by atoms with E-state index in [1.54, 1.807) is 4.90 Å². The molecule has 0 bridgehead atoms. The summed E-state index contributed by atoms with van der Waals surface area (Å²) in [4.78, 5) is 50.1. The highest BCUT2D eigenvalue weighted by Gasteiger charge is 2.39. The molecule has 1 heterocycles. The summed E-state index contributed by atoms with van der Waals surface area (Å²) in [6.07, 6.45) is 1.15. The van der Waals surface area contributed by atoms with Crippen molar-refractivity contribution >= 4 is 23.8 Å². The average Bonchev–Trinajstić information content (AvgIpc) is 2.44. The van der Waals surface area contributed by atoms with Crippen molar-refractivity contribution < 1.29 is 19.2 Å². The molecular formula is C14H23N3O4. The first-order valence-electron chi connectivity index (χ1n) is 7.40. The predicted octanol–water partition coefficient (Wildman–Crippen LogP) is 0.740. The Kier molecular flexibility index (Phi) is 6.33. The zero-order valence-corrected chi connectivity index (χ0v) is 12.8. The van der Waals surface area contributed by atoms with Crippen molar-refractivity contribution in [1.29, 1.82) is 0 Å². The molecule has 0 aliphatic carbocycles. The van der Waals surface area contributed by atoms with E-state index in [2.05, 4.69) is 5.32 Å². The van der Waals surface area contributed by atoms with Gasteiger partial charge in [-0.3, -0.25) is 24.6 Å². The summed E-state index contributed by atoms with van der Waals surface area (Å²) in [6, 6.07) is -0.732. The van der Waals surface area contributed by atoms with Crippen molar-refractivity contribution in [2.75, 3.05) is 19.6 Å². The van der Waals surface area contributed by atoms with Crippen LogP contribution in [0.3, 0.4) is 0 Å². The number of urea groups is 1. The molecule has 0 aromatic heterocycles. The van der Waals surface area contributed by atoms with Crippen LogP contribution in [0.5, 0.6) is 0 Å². The summed E-state index contributed by atoms with van der Waals surface area (Å²) in [7, 11) is 0. The van der Waals surface area contributed by atoms with Gasteiger partial charge in [-0.1, -0.05) is 13.3 Å². The largest absolute Gasteiger partial charge is 0.343 e. The van der Waals surface area contributed by atoms with Crippen LogP contribution >= 0.6 is 0 Å². The Morgan fingerprint density at radius 1 is 1.19 bits per heavy atom. The molecule has 1 aliphatic heterocycles. The maximum Gasteiger partial charge on any atom is 0.330 e. The van der Waals surface area contributed by atoms with Gasteiger partial charge in [-0.05, 0) is 20.3 Å². The minimum Gasteiger partial charge on any atom is -0.343 e. The van der Waals surface area contributed by atoms with Gasteiger partial charge >= 0.3 is 6.03 Å². The monoisotopic (exact) mass is 297 g/mol. The van der Waals surface area contributed by atoms with Gasteiger partial charge in [-0.15, -0.1) is 0 Å². The minimum absolute atomic E-state index is 0.00743. The Hall–Kier alpha value is -1.92. The molecular weight excluding hydrogens is 274 g/mol. The number of hydrogen-bond donors (Lipinski definition) is 1. The fraction of sp³-hybridized carbons (Fsp3) is 0.714. The number of amides is 5. The zero-order chi connectivity index (χ0) is 16.0. The van der Waals surface area contributed by atoms with Crippen LogP contribution in [0.2, 0.25) is 0 Å². The molecule has 0 aromatic carbocycles. The molecule has 0 spiro atoms. The van der Waals surface area contributed by atoms with Gasteiger partial charge in [0.15, 0.2) is 0 Å². The van der Waals surface area contributed by atoms with E-state index >= 15 is 0 Å². The SMILES string of the molecule is CCCC1C(=O)NC(=O)N(CCC(=O)N(CC)CC)C1=O. The number of barbiturate groups is 1. The number of hydrogen-bond acceptors (Lipinski definition) is 4. The van der Waals surface area contributed by atoms with Crippen molar-refractivity contribution in [2.45, 2.75) is 40.0 Å². The zero-order valence-electron chi connectivity index (χ0n) is 12.8. The molecule has 1 aliphatic rings. The Labute approximate surface area is 124 Å². The lowest BCUT2D eigenvalue weighted by atomic mass is 9.99. The first-order valence-corrected chi connectivity index (χ1v) is 7.40. The normalized spacial score (nSPS) is 18.7. The van der Waals surface area contributed by atoms with Gasteiger partial charge in [0.25, 0.3) is 0 Å². The third kappa shape index (κ3) is 4.03. The average molecular weight is 297 g/mol. The van der Waals surface area contributed by atoms with Gasteiger partial charge in [0.2, 0.25) is 17.7 Å². The van der Waals surface area contributed by atoms with E-state index in [1.165, 1.54) is 0 Å². The summed E-state index contributed by atoms with van der Waals surface area (Å²) in [5, 5.41) is 2.18. The van der Waals surface area contributed by atoms with Gasteiger partial charge in [-0.25, -0.2) is 4.79 Å². The number of carbonyl (C=O) groups excluding carboxylic acids is 4. The summed E-state index contributed by atoms with van der Waals surface area (Å²) in [5.74, 6) is -1.98. The number of carbonyl (C=O) groups is 4. The second-order valence-electron chi connectivity index (χ2n) is 4.94. The first kappa shape index (κ1) is 17.1. The third-order valence-electron chi connectivity index (χ3n) is 3.60. The maximum atomic E-state index is 12.2. The Balaban J connectivity index is 2.68. The number of imide groups is 2. The second kappa shape index (κ2) is 7.75. The quantitative estimate of drug-likeness (QED) is 0.702. The summed E-state index contributed by atoms with van der Waals surface area (Å²) < 4.78 is 0. The number of nitrogens with zero attached hydrogens (tertiary/aromatic N) is 2. The Morgan fingerprint density at radius 3 is 2.33 bits per heavy atom. The van der Waals surface area contributed by atoms with E-state index in [9.17, 15) is 19.2 Å². The number of nitrogens with one attached hydrogen (secondary N) is 1. The lowest BCUT2D eigenvalue weighted by Crippen LogP contribution is -2.58. The van der Waals surface area contributed by atoms with Crippen LogP contribution in [0.25, 0.3) is 0 Å². The van der Waals surface area contributed by atoms with E-state index in [0.717, 1.165) is 4.90 Å². The smallest absolute Gasteiger partial charge is 0.330 e. The van der Waals surface area contributed by atoms with Crippen molar-refractivity contribution in [3.8, 4) is 0 Å². The van der Waals surface area contributed by atoms with Crippen molar-refractivity contribution in [1.82, 2.24) is 15.1 Å². The van der Waals surface area contributed by atoms with Crippen LogP contribution < -0.4 is 5.32 Å². The molecule has 1 saturated heterocycles. The molecule has 0 radical (unpaired) electrons. The lowest BCUT2D eigenvalue weighted by molar-refractivity contribution is -0.143. The van der Waals surface area contributed by atoms with Crippen LogP contribution in [0.1, 0.15) is 40.0 Å². The van der Waals surface area contributed by atoms with Gasteiger partial charge in [0.1, 0.15) is 5.92 Å². The van der Waals surface area contributed by atoms with E-state index < -0.39 is 23.8 Å². The molecule has 21 heavy (non-hydrogen) atoms. The second-order valence-corrected chi connectivity index (χ2v) is 4.94. The Bertz CT molecular complexity index is 432. The fourth-order valence-electron chi connectivity index (χ4n) is 2.36. The molecule has 1 unspecified atom stereocenters. The van der Waals surface area contributed by atoms with Gasteiger partial charge < -0.3 is 4.90 Å². The van der Waals surface area contributed by atoms with E-state index in [4.69, 9.17) is 0 Å².